The number of ether oxygens (including phenoxy) is 1. The number of carbonyl (C=O) groups excluding carboxylic acids is 1. The predicted octanol–water partition coefficient (Wildman–Crippen LogP) is 4.83. The molecule has 0 fully saturated rings. The molecule has 0 radical (unpaired) electrons. The molecule has 110 valence electrons. The Bertz CT molecular complexity index is 603. The molecule has 2 nitrogen and oxygen atoms in total. The first kappa shape index (κ1) is 15.6. The minimum absolute atomic E-state index is 0.0419. The zero-order valence-corrected chi connectivity index (χ0v) is 13.4. The maximum absolute atomic E-state index is 11.9. The SMILES string of the molecule is COc1cccc(CSc2ccc(C(=O)C(C)C)cc2)c1. The van der Waals surface area contributed by atoms with Crippen LogP contribution in [0.3, 0.4) is 0 Å². The molecule has 0 heterocycles. The molecule has 2 aromatic rings. The second kappa shape index (κ2) is 7.32. The Balaban J connectivity index is 1.99. The molecular formula is C18H20O2S. The highest BCUT2D eigenvalue weighted by Gasteiger charge is 2.09. The van der Waals surface area contributed by atoms with E-state index < -0.39 is 0 Å². The molecule has 2 rings (SSSR count). The summed E-state index contributed by atoms with van der Waals surface area (Å²) in [7, 11) is 1.68. The lowest BCUT2D eigenvalue weighted by Crippen LogP contribution is -2.06. The molecular weight excluding hydrogens is 280 g/mol. The Morgan fingerprint density at radius 1 is 1.14 bits per heavy atom. The number of hydrogen-bond donors (Lipinski definition) is 0. The van der Waals surface area contributed by atoms with Crippen LogP contribution in [0.15, 0.2) is 53.4 Å². The first-order chi connectivity index (χ1) is 10.1. The summed E-state index contributed by atoms with van der Waals surface area (Å²) in [5, 5.41) is 0. The van der Waals surface area contributed by atoms with Crippen LogP contribution in [0.1, 0.15) is 29.8 Å². The zero-order valence-electron chi connectivity index (χ0n) is 12.6. The fraction of sp³-hybridized carbons (Fsp3) is 0.278. The molecule has 0 atom stereocenters. The van der Waals surface area contributed by atoms with E-state index in [0.29, 0.717) is 0 Å². The van der Waals surface area contributed by atoms with Gasteiger partial charge in [0.15, 0.2) is 5.78 Å². The summed E-state index contributed by atoms with van der Waals surface area (Å²) in [5.41, 5.74) is 2.01. The van der Waals surface area contributed by atoms with Crippen molar-refractivity contribution in [3.63, 3.8) is 0 Å². The Labute approximate surface area is 130 Å². The molecule has 3 heteroatoms. The minimum atomic E-state index is 0.0419. The summed E-state index contributed by atoms with van der Waals surface area (Å²) in [6.45, 7) is 3.85. The number of benzene rings is 2. The maximum atomic E-state index is 11.9. The number of thioether (sulfide) groups is 1. The second-order valence-corrected chi connectivity index (χ2v) is 6.23. The van der Waals surface area contributed by atoms with E-state index >= 15 is 0 Å². The van der Waals surface area contributed by atoms with Crippen molar-refractivity contribution in [3.8, 4) is 5.75 Å². The number of ketones is 1. The van der Waals surface area contributed by atoms with Crippen LogP contribution in [0.25, 0.3) is 0 Å². The van der Waals surface area contributed by atoms with Crippen molar-refractivity contribution in [2.75, 3.05) is 7.11 Å². The van der Waals surface area contributed by atoms with Crippen LogP contribution in [0.4, 0.5) is 0 Å². The number of carbonyl (C=O) groups is 1. The molecule has 0 spiro atoms. The van der Waals surface area contributed by atoms with Gasteiger partial charge in [-0.1, -0.05) is 38.1 Å². The minimum Gasteiger partial charge on any atom is -0.497 e. The molecule has 0 unspecified atom stereocenters. The van der Waals surface area contributed by atoms with Crippen molar-refractivity contribution in [1.82, 2.24) is 0 Å². The van der Waals surface area contributed by atoms with E-state index in [1.165, 1.54) is 5.56 Å². The van der Waals surface area contributed by atoms with Crippen LogP contribution in [0.5, 0.6) is 5.75 Å². The number of hydrogen-bond acceptors (Lipinski definition) is 3. The van der Waals surface area contributed by atoms with Gasteiger partial charge in [0.05, 0.1) is 7.11 Å². The van der Waals surface area contributed by atoms with Gasteiger partial charge >= 0.3 is 0 Å². The van der Waals surface area contributed by atoms with Gasteiger partial charge in [-0.05, 0) is 29.8 Å². The molecule has 0 saturated carbocycles. The average Bonchev–Trinajstić information content (AvgIpc) is 2.53. The Hall–Kier alpha value is -1.74. The van der Waals surface area contributed by atoms with Gasteiger partial charge in [-0.15, -0.1) is 11.8 Å². The fourth-order valence-electron chi connectivity index (χ4n) is 1.98. The standard InChI is InChI=1S/C18H20O2S/c1-13(2)18(19)15-7-9-17(10-8-15)21-12-14-5-4-6-16(11-14)20-3/h4-11,13H,12H2,1-3H3. The lowest BCUT2D eigenvalue weighted by molar-refractivity contribution is 0.0939. The molecule has 2 aromatic carbocycles. The quantitative estimate of drug-likeness (QED) is 0.565. The van der Waals surface area contributed by atoms with Gasteiger partial charge in [0.1, 0.15) is 5.75 Å². The van der Waals surface area contributed by atoms with Gasteiger partial charge < -0.3 is 4.74 Å². The average molecular weight is 300 g/mol. The molecule has 0 saturated heterocycles. The summed E-state index contributed by atoms with van der Waals surface area (Å²) in [6, 6.07) is 15.9. The maximum Gasteiger partial charge on any atom is 0.165 e. The summed E-state index contributed by atoms with van der Waals surface area (Å²) in [5.74, 6) is 2.00. The third-order valence-electron chi connectivity index (χ3n) is 3.20. The van der Waals surface area contributed by atoms with E-state index in [0.717, 1.165) is 22.0 Å². The van der Waals surface area contributed by atoms with Gasteiger partial charge in [0.2, 0.25) is 0 Å². The van der Waals surface area contributed by atoms with Crippen molar-refractivity contribution < 1.29 is 9.53 Å². The summed E-state index contributed by atoms with van der Waals surface area (Å²) < 4.78 is 5.22. The van der Waals surface area contributed by atoms with Gasteiger partial charge in [0.25, 0.3) is 0 Å². The molecule has 0 bridgehead atoms. The van der Waals surface area contributed by atoms with Gasteiger partial charge in [-0.25, -0.2) is 0 Å². The second-order valence-electron chi connectivity index (χ2n) is 5.18. The highest BCUT2D eigenvalue weighted by molar-refractivity contribution is 7.98. The topological polar surface area (TPSA) is 26.3 Å². The third-order valence-corrected chi connectivity index (χ3v) is 4.29. The molecule has 0 aliphatic heterocycles. The van der Waals surface area contributed by atoms with Crippen LogP contribution in [-0.2, 0) is 5.75 Å². The van der Waals surface area contributed by atoms with E-state index in [4.69, 9.17) is 4.74 Å². The van der Waals surface area contributed by atoms with Crippen molar-refractivity contribution in [1.29, 1.82) is 0 Å². The normalized spacial score (nSPS) is 10.7. The lowest BCUT2D eigenvalue weighted by atomic mass is 10.0. The summed E-state index contributed by atoms with van der Waals surface area (Å²) >= 11 is 1.75. The number of Topliss-reactive ketones (excluding diaryl/α,β-unsaturated/α-hetero) is 1. The molecule has 0 aliphatic carbocycles. The molecule has 0 N–H and O–H groups in total. The van der Waals surface area contributed by atoms with Crippen LogP contribution in [0, 0.1) is 5.92 Å². The van der Waals surface area contributed by atoms with Gasteiger partial charge in [-0.2, -0.15) is 0 Å². The first-order valence-electron chi connectivity index (χ1n) is 7.00. The first-order valence-corrected chi connectivity index (χ1v) is 7.98. The Kier molecular flexibility index (Phi) is 5.45. The molecule has 0 aromatic heterocycles. The Morgan fingerprint density at radius 3 is 2.48 bits per heavy atom. The lowest BCUT2D eigenvalue weighted by Gasteiger charge is -2.07. The fourth-order valence-corrected chi connectivity index (χ4v) is 2.82. The van der Waals surface area contributed by atoms with Crippen molar-refractivity contribution >= 4 is 17.5 Å². The van der Waals surface area contributed by atoms with E-state index in [9.17, 15) is 4.79 Å². The van der Waals surface area contributed by atoms with E-state index in [-0.39, 0.29) is 11.7 Å². The van der Waals surface area contributed by atoms with E-state index in [1.807, 2.05) is 56.3 Å². The van der Waals surface area contributed by atoms with E-state index in [2.05, 4.69) is 6.07 Å². The smallest absolute Gasteiger partial charge is 0.165 e. The van der Waals surface area contributed by atoms with Crippen molar-refractivity contribution in [3.05, 3.63) is 59.7 Å². The van der Waals surface area contributed by atoms with Crippen LogP contribution in [-0.4, -0.2) is 12.9 Å². The third kappa shape index (κ3) is 4.36. The van der Waals surface area contributed by atoms with Crippen LogP contribution >= 0.6 is 11.8 Å². The monoisotopic (exact) mass is 300 g/mol. The highest BCUT2D eigenvalue weighted by atomic mass is 32.2. The van der Waals surface area contributed by atoms with Crippen molar-refractivity contribution in [2.24, 2.45) is 5.92 Å². The highest BCUT2D eigenvalue weighted by Crippen LogP contribution is 2.25. The number of rotatable bonds is 6. The molecule has 21 heavy (non-hydrogen) atoms. The van der Waals surface area contributed by atoms with Gasteiger partial charge in [-0.3, -0.25) is 4.79 Å². The van der Waals surface area contributed by atoms with Crippen LogP contribution < -0.4 is 4.74 Å². The molecule has 0 amide bonds. The number of methoxy groups -OCH3 is 1. The predicted molar refractivity (Wildman–Crippen MR) is 88.2 cm³/mol. The van der Waals surface area contributed by atoms with Gasteiger partial charge in [0, 0.05) is 22.1 Å². The summed E-state index contributed by atoms with van der Waals surface area (Å²) in [4.78, 5) is 13.0. The Morgan fingerprint density at radius 2 is 1.86 bits per heavy atom. The van der Waals surface area contributed by atoms with E-state index in [1.54, 1.807) is 18.9 Å². The van der Waals surface area contributed by atoms with Crippen molar-refractivity contribution in [2.45, 2.75) is 24.5 Å². The molecule has 0 aliphatic rings. The largest absolute Gasteiger partial charge is 0.497 e. The zero-order chi connectivity index (χ0) is 15.2. The summed E-state index contributed by atoms with van der Waals surface area (Å²) in [6.07, 6.45) is 0. The van der Waals surface area contributed by atoms with Crippen LogP contribution in [0.2, 0.25) is 0 Å².